The van der Waals surface area contributed by atoms with E-state index in [2.05, 4.69) is 9.44 Å². The van der Waals surface area contributed by atoms with Crippen LogP contribution in [-0.2, 0) is 20.2 Å². The zero-order valence-electron chi connectivity index (χ0n) is 9.85. The van der Waals surface area contributed by atoms with Crippen LogP contribution in [0.3, 0.4) is 0 Å². The number of piperidine rings is 1. The molecule has 1 rings (SSSR count). The molecule has 0 spiro atoms. The van der Waals surface area contributed by atoms with Gasteiger partial charge in [-0.3, -0.25) is 0 Å². The van der Waals surface area contributed by atoms with Gasteiger partial charge in [0, 0.05) is 26.7 Å². The summed E-state index contributed by atoms with van der Waals surface area (Å²) in [6, 6.07) is 0. The van der Waals surface area contributed by atoms with Gasteiger partial charge < -0.3 is 0 Å². The molecule has 1 aliphatic heterocycles. The van der Waals surface area contributed by atoms with E-state index in [0.717, 1.165) is 19.3 Å². The van der Waals surface area contributed by atoms with Crippen molar-refractivity contribution in [1.82, 2.24) is 13.7 Å². The van der Waals surface area contributed by atoms with E-state index in [1.165, 1.54) is 11.4 Å². The Morgan fingerprint density at radius 2 is 1.65 bits per heavy atom. The normalized spacial score (nSPS) is 19.4. The van der Waals surface area contributed by atoms with Crippen molar-refractivity contribution in [2.24, 2.45) is 0 Å². The Bertz CT molecular complexity index is 426. The highest BCUT2D eigenvalue weighted by Crippen LogP contribution is 2.12. The zero-order chi connectivity index (χ0) is 12.9. The lowest BCUT2D eigenvalue weighted by Crippen LogP contribution is -2.42. The monoisotopic (exact) mass is 285 g/mol. The predicted molar refractivity (Wildman–Crippen MR) is 65.2 cm³/mol. The summed E-state index contributed by atoms with van der Waals surface area (Å²) >= 11 is 0. The van der Waals surface area contributed by atoms with E-state index in [4.69, 9.17) is 0 Å². The topological polar surface area (TPSA) is 95.6 Å². The lowest BCUT2D eigenvalue weighted by Gasteiger charge is -2.25. The lowest BCUT2D eigenvalue weighted by molar-refractivity contribution is 0.346. The molecule has 1 fully saturated rings. The molecule has 0 atom stereocenters. The van der Waals surface area contributed by atoms with Crippen molar-refractivity contribution in [2.45, 2.75) is 19.3 Å². The number of hydrogen-bond acceptors (Lipinski definition) is 4. The molecule has 0 aromatic rings. The number of nitrogens with one attached hydrogen (secondary N) is 2. The highest BCUT2D eigenvalue weighted by molar-refractivity contribution is 7.89. The summed E-state index contributed by atoms with van der Waals surface area (Å²) < 4.78 is 51.4. The van der Waals surface area contributed by atoms with Gasteiger partial charge in [-0.1, -0.05) is 6.42 Å². The van der Waals surface area contributed by atoms with Gasteiger partial charge in [-0.2, -0.15) is 8.42 Å². The van der Waals surface area contributed by atoms with E-state index >= 15 is 0 Å². The molecule has 2 N–H and O–H groups in total. The van der Waals surface area contributed by atoms with E-state index in [0.29, 0.717) is 13.1 Å². The molecule has 0 aliphatic carbocycles. The Kier molecular flexibility index (Phi) is 5.32. The molecular formula is C8H19N3O4S2. The summed E-state index contributed by atoms with van der Waals surface area (Å²) in [7, 11) is -5.63. The fourth-order valence-corrected chi connectivity index (χ4v) is 3.73. The Labute approximate surface area is 103 Å². The van der Waals surface area contributed by atoms with Crippen LogP contribution in [0.4, 0.5) is 0 Å². The van der Waals surface area contributed by atoms with Crippen molar-refractivity contribution in [3.63, 3.8) is 0 Å². The lowest BCUT2D eigenvalue weighted by atomic mass is 10.2. The number of sulfonamides is 1. The maximum Gasteiger partial charge on any atom is 0.276 e. The molecule has 0 aromatic carbocycles. The zero-order valence-corrected chi connectivity index (χ0v) is 11.5. The molecule has 0 radical (unpaired) electrons. The molecule has 9 heteroatoms. The van der Waals surface area contributed by atoms with Gasteiger partial charge in [-0.15, -0.1) is 0 Å². The van der Waals surface area contributed by atoms with Crippen molar-refractivity contribution >= 4 is 20.2 Å². The van der Waals surface area contributed by atoms with Gasteiger partial charge >= 0.3 is 0 Å². The van der Waals surface area contributed by atoms with Crippen LogP contribution in [0, 0.1) is 0 Å². The molecular weight excluding hydrogens is 266 g/mol. The van der Waals surface area contributed by atoms with Crippen LogP contribution in [0.5, 0.6) is 0 Å². The molecule has 1 heterocycles. The summed E-state index contributed by atoms with van der Waals surface area (Å²) in [5, 5.41) is 0. The fraction of sp³-hybridized carbons (Fsp3) is 1.00. The first-order valence-electron chi connectivity index (χ1n) is 5.53. The predicted octanol–water partition coefficient (Wildman–Crippen LogP) is -1.14. The van der Waals surface area contributed by atoms with Crippen LogP contribution < -0.4 is 9.44 Å². The molecule has 102 valence electrons. The molecule has 17 heavy (non-hydrogen) atoms. The van der Waals surface area contributed by atoms with Crippen molar-refractivity contribution in [1.29, 1.82) is 0 Å². The summed E-state index contributed by atoms with van der Waals surface area (Å²) in [5.41, 5.74) is 0. The first kappa shape index (κ1) is 14.8. The minimum Gasteiger partial charge on any atom is -0.212 e. The number of nitrogens with zero attached hydrogens (tertiary/aromatic N) is 1. The van der Waals surface area contributed by atoms with Crippen molar-refractivity contribution in [3.8, 4) is 0 Å². The van der Waals surface area contributed by atoms with Gasteiger partial charge in [0.15, 0.2) is 0 Å². The van der Waals surface area contributed by atoms with Crippen molar-refractivity contribution in [2.75, 3.05) is 32.4 Å². The Hall–Kier alpha value is -0.220. The van der Waals surface area contributed by atoms with E-state index in [9.17, 15) is 16.8 Å². The second-order valence-electron chi connectivity index (χ2n) is 3.88. The average Bonchev–Trinajstić information content (AvgIpc) is 2.30. The Balaban J connectivity index is 2.44. The first-order chi connectivity index (χ1) is 7.87. The van der Waals surface area contributed by atoms with Gasteiger partial charge in [0.25, 0.3) is 10.2 Å². The van der Waals surface area contributed by atoms with Crippen LogP contribution in [0.2, 0.25) is 0 Å². The molecule has 1 saturated heterocycles. The largest absolute Gasteiger partial charge is 0.276 e. The molecule has 0 unspecified atom stereocenters. The van der Waals surface area contributed by atoms with E-state index in [-0.39, 0.29) is 12.3 Å². The van der Waals surface area contributed by atoms with Gasteiger partial charge in [0.05, 0.1) is 5.75 Å². The second-order valence-corrected chi connectivity index (χ2v) is 7.67. The SMILES string of the molecule is CNS(=O)(=O)NCCS(=O)(=O)N1CCCCC1. The summed E-state index contributed by atoms with van der Waals surface area (Å²) in [5.74, 6) is -0.200. The summed E-state index contributed by atoms with van der Waals surface area (Å²) in [4.78, 5) is 0. The summed E-state index contributed by atoms with van der Waals surface area (Å²) in [6.07, 6.45) is 2.81. The maximum absolute atomic E-state index is 11.8. The van der Waals surface area contributed by atoms with Crippen molar-refractivity contribution < 1.29 is 16.8 Å². The molecule has 0 saturated carbocycles. The molecule has 7 nitrogen and oxygen atoms in total. The average molecular weight is 285 g/mol. The minimum absolute atomic E-state index is 0.109. The quantitative estimate of drug-likeness (QED) is 0.644. The maximum atomic E-state index is 11.8. The Morgan fingerprint density at radius 1 is 1.06 bits per heavy atom. The smallest absolute Gasteiger partial charge is 0.212 e. The third-order valence-corrected chi connectivity index (χ3v) is 5.62. The van der Waals surface area contributed by atoms with E-state index < -0.39 is 20.2 Å². The van der Waals surface area contributed by atoms with E-state index in [1.54, 1.807) is 0 Å². The third kappa shape index (κ3) is 4.88. The standard InChI is InChI=1S/C8H19N3O4S2/c1-9-17(14,15)10-5-8-16(12,13)11-6-3-2-4-7-11/h9-10H,2-8H2,1H3. The van der Waals surface area contributed by atoms with Gasteiger partial charge in [-0.05, 0) is 12.8 Å². The van der Waals surface area contributed by atoms with Crippen LogP contribution in [-0.4, -0.2) is 53.6 Å². The van der Waals surface area contributed by atoms with Crippen molar-refractivity contribution in [3.05, 3.63) is 0 Å². The molecule has 0 bridgehead atoms. The minimum atomic E-state index is -3.56. The second kappa shape index (κ2) is 6.10. The summed E-state index contributed by atoms with van der Waals surface area (Å²) in [6.45, 7) is 0.976. The van der Waals surface area contributed by atoms with Crippen LogP contribution in [0.1, 0.15) is 19.3 Å². The van der Waals surface area contributed by atoms with Gasteiger partial charge in [-0.25, -0.2) is 22.2 Å². The van der Waals surface area contributed by atoms with Gasteiger partial charge in [0.1, 0.15) is 0 Å². The Morgan fingerprint density at radius 3 is 2.18 bits per heavy atom. The number of hydrogen-bond donors (Lipinski definition) is 2. The van der Waals surface area contributed by atoms with Gasteiger partial charge in [0.2, 0.25) is 10.0 Å². The van der Waals surface area contributed by atoms with Crippen LogP contribution in [0.25, 0.3) is 0 Å². The molecule has 0 aromatic heterocycles. The number of rotatable bonds is 6. The molecule has 1 aliphatic rings. The molecule has 0 amide bonds. The van der Waals surface area contributed by atoms with Crippen LogP contribution >= 0.6 is 0 Å². The van der Waals surface area contributed by atoms with Crippen LogP contribution in [0.15, 0.2) is 0 Å². The highest BCUT2D eigenvalue weighted by atomic mass is 32.2. The highest BCUT2D eigenvalue weighted by Gasteiger charge is 2.23. The fourth-order valence-electron chi connectivity index (χ4n) is 1.65. The third-order valence-electron chi connectivity index (χ3n) is 2.63. The van der Waals surface area contributed by atoms with E-state index in [1.807, 2.05) is 0 Å². The first-order valence-corrected chi connectivity index (χ1v) is 8.62.